The molecule has 332 valence electrons. The second kappa shape index (κ2) is 16.7. The summed E-state index contributed by atoms with van der Waals surface area (Å²) >= 11 is 0. The minimum absolute atomic E-state index is 0.208. The fraction of sp³-hybridized carbons (Fsp3) is 0. The number of para-hydroxylation sites is 5. The van der Waals surface area contributed by atoms with Gasteiger partial charge in [-0.15, -0.1) is 0 Å². The Morgan fingerprint density at radius 1 is 0.268 bits per heavy atom. The normalized spacial score (nSPS) is 11.9. The van der Waals surface area contributed by atoms with Crippen molar-refractivity contribution < 1.29 is 0 Å². The molecule has 0 spiro atoms. The zero-order chi connectivity index (χ0) is 46.8. The Morgan fingerprint density at radius 3 is 1.21 bits per heavy atom. The molecule has 0 saturated heterocycles. The summed E-state index contributed by atoms with van der Waals surface area (Å²) in [7, 11) is 0. The standard InChI is InChI=1S/C66H45BN4/c1-7-21-46(22-8-1)48-35-38-56-57-39-36-49(47-23-9-2-10-24-47)42-65(57)71(64(56)41-48)67-60-33-19-20-34-63(60)70-62-40-37-54(68(50-25-11-3-12-26-50)51-27-13-4-14-28-51)43-58(62)59-44-55(45-61(67)66(59)70)69(52-29-15-5-16-30-52)53-31-17-6-18-32-53/h1-45H. The average Bonchev–Trinajstić information content (AvgIpc) is 3.95. The lowest BCUT2D eigenvalue weighted by molar-refractivity contribution is 1.18. The van der Waals surface area contributed by atoms with Crippen molar-refractivity contribution in [3.05, 3.63) is 273 Å². The summed E-state index contributed by atoms with van der Waals surface area (Å²) in [6.45, 7) is -0.208. The summed E-state index contributed by atoms with van der Waals surface area (Å²) in [6, 6.07) is 99.9. The summed E-state index contributed by atoms with van der Waals surface area (Å²) in [5.41, 5.74) is 19.8. The monoisotopic (exact) mass is 904 g/mol. The van der Waals surface area contributed by atoms with E-state index in [1.54, 1.807) is 0 Å². The molecule has 2 aromatic heterocycles. The van der Waals surface area contributed by atoms with Gasteiger partial charge in [0.05, 0.1) is 11.0 Å². The highest BCUT2D eigenvalue weighted by Gasteiger charge is 2.37. The van der Waals surface area contributed by atoms with E-state index >= 15 is 0 Å². The van der Waals surface area contributed by atoms with Gasteiger partial charge in [-0.05, 0) is 130 Å². The van der Waals surface area contributed by atoms with Crippen LogP contribution in [-0.4, -0.2) is 15.9 Å². The Bertz CT molecular complexity index is 3920. The van der Waals surface area contributed by atoms with Gasteiger partial charge in [0.15, 0.2) is 0 Å². The zero-order valence-electron chi connectivity index (χ0n) is 38.8. The summed E-state index contributed by atoms with van der Waals surface area (Å²) in [4.78, 5) is 4.80. The molecule has 0 radical (unpaired) electrons. The number of anilines is 6. The number of fused-ring (bicyclic) bond motifs is 8. The van der Waals surface area contributed by atoms with Crippen molar-refractivity contribution in [1.82, 2.24) is 9.05 Å². The lowest BCUT2D eigenvalue weighted by atomic mass is 9.48. The van der Waals surface area contributed by atoms with E-state index in [1.165, 1.54) is 82.5 Å². The van der Waals surface area contributed by atoms with Gasteiger partial charge in [-0.2, -0.15) is 0 Å². The molecule has 13 aromatic rings. The number of hydrogen-bond donors (Lipinski definition) is 0. The van der Waals surface area contributed by atoms with Gasteiger partial charge < -0.3 is 18.8 Å². The molecule has 14 rings (SSSR count). The van der Waals surface area contributed by atoms with Gasteiger partial charge in [-0.25, -0.2) is 0 Å². The van der Waals surface area contributed by atoms with E-state index in [0.29, 0.717) is 0 Å². The van der Waals surface area contributed by atoms with Crippen molar-refractivity contribution in [1.29, 1.82) is 0 Å². The minimum Gasteiger partial charge on any atom is -0.376 e. The molecule has 3 heterocycles. The Labute approximate surface area is 413 Å². The predicted molar refractivity (Wildman–Crippen MR) is 301 cm³/mol. The number of aromatic nitrogens is 2. The van der Waals surface area contributed by atoms with Crippen molar-refractivity contribution in [3.8, 4) is 27.9 Å². The van der Waals surface area contributed by atoms with Crippen LogP contribution in [0.15, 0.2) is 273 Å². The molecule has 1 aliphatic rings. The van der Waals surface area contributed by atoms with Gasteiger partial charge in [0, 0.05) is 72.4 Å². The molecule has 0 atom stereocenters. The van der Waals surface area contributed by atoms with Crippen LogP contribution in [0, 0.1) is 0 Å². The maximum Gasteiger partial charge on any atom is 0.332 e. The van der Waals surface area contributed by atoms with Crippen LogP contribution in [0.25, 0.3) is 71.6 Å². The molecular formula is C66H45BN4. The van der Waals surface area contributed by atoms with E-state index in [1.807, 2.05) is 0 Å². The van der Waals surface area contributed by atoms with Crippen LogP contribution in [0.3, 0.4) is 0 Å². The third kappa shape index (κ3) is 6.69. The van der Waals surface area contributed by atoms with E-state index in [4.69, 9.17) is 0 Å². The molecular weight excluding hydrogens is 860 g/mol. The van der Waals surface area contributed by atoms with E-state index < -0.39 is 0 Å². The average molecular weight is 905 g/mol. The molecule has 0 aliphatic carbocycles. The number of benzene rings is 11. The third-order valence-corrected chi connectivity index (χ3v) is 14.5. The lowest BCUT2D eigenvalue weighted by Gasteiger charge is -2.31. The van der Waals surface area contributed by atoms with E-state index in [2.05, 4.69) is 292 Å². The Hall–Kier alpha value is -9.32. The SMILES string of the molecule is c1ccc(-c2ccc3c4ccc(-c5ccccc5)cc4n(B4c5ccccc5-n5c6ccc(N(c7ccccc7)c7ccccc7)cc6c6cc(N(c7ccccc7)c7ccccc7)cc4c65)c3c2)cc1. The molecule has 0 N–H and O–H groups in total. The number of nitrogens with zero attached hydrogens (tertiary/aromatic N) is 4. The van der Waals surface area contributed by atoms with Gasteiger partial charge in [0.2, 0.25) is 0 Å². The van der Waals surface area contributed by atoms with Crippen LogP contribution < -0.4 is 20.7 Å². The summed E-state index contributed by atoms with van der Waals surface area (Å²) < 4.78 is 5.21. The summed E-state index contributed by atoms with van der Waals surface area (Å²) in [5, 5.41) is 4.85. The molecule has 0 amide bonds. The second-order valence-electron chi connectivity index (χ2n) is 18.5. The first-order chi connectivity index (χ1) is 35.2. The fourth-order valence-electron chi connectivity index (χ4n) is 11.4. The van der Waals surface area contributed by atoms with E-state index in [-0.39, 0.29) is 6.85 Å². The fourth-order valence-corrected chi connectivity index (χ4v) is 11.4. The Kier molecular flexibility index (Phi) is 9.59. The van der Waals surface area contributed by atoms with Gasteiger partial charge in [-0.3, -0.25) is 0 Å². The van der Waals surface area contributed by atoms with Gasteiger partial charge in [-0.1, -0.05) is 176 Å². The maximum atomic E-state index is 2.66. The second-order valence-corrected chi connectivity index (χ2v) is 18.5. The van der Waals surface area contributed by atoms with E-state index in [9.17, 15) is 0 Å². The van der Waals surface area contributed by atoms with Crippen molar-refractivity contribution in [3.63, 3.8) is 0 Å². The molecule has 0 saturated carbocycles. The Balaban J connectivity index is 1.12. The van der Waals surface area contributed by atoms with Crippen molar-refractivity contribution >= 4 is 95.5 Å². The summed E-state index contributed by atoms with van der Waals surface area (Å²) in [5.74, 6) is 0. The first-order valence-corrected chi connectivity index (χ1v) is 24.5. The first-order valence-electron chi connectivity index (χ1n) is 24.5. The van der Waals surface area contributed by atoms with Crippen LogP contribution in [0.2, 0.25) is 0 Å². The van der Waals surface area contributed by atoms with Crippen LogP contribution in [-0.2, 0) is 0 Å². The molecule has 11 aromatic carbocycles. The maximum absolute atomic E-state index is 2.66. The highest BCUT2D eigenvalue weighted by molar-refractivity contribution is 6.88. The number of hydrogen-bond acceptors (Lipinski definition) is 2. The largest absolute Gasteiger partial charge is 0.376 e. The van der Waals surface area contributed by atoms with Crippen LogP contribution in [0.5, 0.6) is 0 Å². The highest BCUT2D eigenvalue weighted by atomic mass is 15.2. The Morgan fingerprint density at radius 2 is 0.704 bits per heavy atom. The topological polar surface area (TPSA) is 16.3 Å². The third-order valence-electron chi connectivity index (χ3n) is 14.5. The van der Waals surface area contributed by atoms with Crippen LogP contribution in [0.1, 0.15) is 0 Å². The molecule has 0 unspecified atom stereocenters. The van der Waals surface area contributed by atoms with Crippen molar-refractivity contribution in [2.75, 3.05) is 9.80 Å². The molecule has 0 fully saturated rings. The van der Waals surface area contributed by atoms with Crippen molar-refractivity contribution in [2.24, 2.45) is 0 Å². The summed E-state index contributed by atoms with van der Waals surface area (Å²) in [6.07, 6.45) is 0. The molecule has 1 aliphatic heterocycles. The predicted octanol–water partition coefficient (Wildman–Crippen LogP) is 16.1. The molecule has 71 heavy (non-hydrogen) atoms. The number of rotatable bonds is 9. The van der Waals surface area contributed by atoms with Crippen LogP contribution >= 0.6 is 0 Å². The minimum atomic E-state index is -0.208. The van der Waals surface area contributed by atoms with Gasteiger partial charge >= 0.3 is 6.85 Å². The first kappa shape index (κ1) is 40.7. The van der Waals surface area contributed by atoms with Crippen molar-refractivity contribution in [2.45, 2.75) is 0 Å². The van der Waals surface area contributed by atoms with Crippen LogP contribution in [0.4, 0.5) is 34.1 Å². The smallest absolute Gasteiger partial charge is 0.332 e. The molecule has 5 heteroatoms. The van der Waals surface area contributed by atoms with Gasteiger partial charge in [0.25, 0.3) is 0 Å². The van der Waals surface area contributed by atoms with E-state index in [0.717, 1.165) is 34.1 Å². The lowest BCUT2D eigenvalue weighted by Crippen LogP contribution is -2.53. The molecule has 0 bridgehead atoms. The zero-order valence-corrected chi connectivity index (χ0v) is 38.8. The van der Waals surface area contributed by atoms with Gasteiger partial charge in [0.1, 0.15) is 0 Å². The molecule has 4 nitrogen and oxygen atoms in total. The quantitative estimate of drug-likeness (QED) is 0.134. The highest BCUT2D eigenvalue weighted by Crippen LogP contribution is 2.44.